The zero-order valence-corrected chi connectivity index (χ0v) is 12.3. The van der Waals surface area contributed by atoms with Crippen molar-refractivity contribution < 1.29 is 9.90 Å². The predicted octanol–water partition coefficient (Wildman–Crippen LogP) is 1.18. The van der Waals surface area contributed by atoms with Gasteiger partial charge in [-0.15, -0.1) is 0 Å². The Hall–Kier alpha value is -1.75. The van der Waals surface area contributed by atoms with Gasteiger partial charge in [0, 0.05) is 32.7 Å². The molecule has 1 aliphatic rings. The van der Waals surface area contributed by atoms with Crippen LogP contribution in [0.15, 0.2) is 18.2 Å². The molecular weight excluding hydrogens is 254 g/mol. The molecule has 1 aromatic carbocycles. The van der Waals surface area contributed by atoms with Crippen molar-refractivity contribution in [3.8, 4) is 0 Å². The fourth-order valence-corrected chi connectivity index (χ4v) is 2.50. The number of hydrogen-bond donors (Lipinski definition) is 2. The number of carbonyl (C=O) groups is 1. The number of carbonyl (C=O) groups excluding carboxylic acids is 1. The minimum Gasteiger partial charge on any atom is -0.397 e. The average molecular weight is 277 g/mol. The Bertz CT molecular complexity index is 502. The monoisotopic (exact) mass is 277 g/mol. The highest BCUT2D eigenvalue weighted by Gasteiger charge is 2.25. The van der Waals surface area contributed by atoms with Crippen LogP contribution in [0.5, 0.6) is 0 Å². The number of nitrogen functional groups attached to an aromatic ring is 1. The number of aliphatic hydroxyl groups excluding tert-OH is 1. The molecule has 0 aliphatic carbocycles. The van der Waals surface area contributed by atoms with E-state index < -0.39 is 0 Å². The molecule has 1 fully saturated rings. The number of nitrogens with zero attached hydrogens (tertiary/aromatic N) is 2. The molecule has 0 spiro atoms. The number of β-amino-alcohol motifs (C(OH)–C–C–N with tert-alkyl or cyclic N) is 1. The first-order valence-corrected chi connectivity index (χ1v) is 6.94. The summed E-state index contributed by atoms with van der Waals surface area (Å²) in [4.78, 5) is 15.5. The zero-order chi connectivity index (χ0) is 14.9. The highest BCUT2D eigenvalue weighted by Crippen LogP contribution is 2.29. The summed E-state index contributed by atoms with van der Waals surface area (Å²) in [5, 5.41) is 9.97. The van der Waals surface area contributed by atoms with Gasteiger partial charge < -0.3 is 20.6 Å². The molecule has 2 atom stereocenters. The molecule has 2 unspecified atom stereocenters. The summed E-state index contributed by atoms with van der Waals surface area (Å²) in [6, 6.07) is 5.37. The number of anilines is 2. The molecule has 20 heavy (non-hydrogen) atoms. The van der Waals surface area contributed by atoms with E-state index in [1.165, 1.54) is 4.90 Å². The molecule has 0 bridgehead atoms. The van der Waals surface area contributed by atoms with Crippen LogP contribution in [0.25, 0.3) is 0 Å². The summed E-state index contributed by atoms with van der Waals surface area (Å²) < 4.78 is 0. The van der Waals surface area contributed by atoms with Crippen molar-refractivity contribution in [3.05, 3.63) is 23.8 Å². The molecule has 0 aromatic heterocycles. The summed E-state index contributed by atoms with van der Waals surface area (Å²) in [7, 11) is 3.43. The zero-order valence-electron chi connectivity index (χ0n) is 12.3. The van der Waals surface area contributed by atoms with Crippen molar-refractivity contribution in [1.82, 2.24) is 4.90 Å². The van der Waals surface area contributed by atoms with Crippen molar-refractivity contribution in [2.24, 2.45) is 5.92 Å². The molecular formula is C15H23N3O2. The van der Waals surface area contributed by atoms with E-state index in [0.29, 0.717) is 23.7 Å². The number of amides is 1. The fourth-order valence-electron chi connectivity index (χ4n) is 2.50. The van der Waals surface area contributed by atoms with Crippen molar-refractivity contribution >= 4 is 17.3 Å². The third kappa shape index (κ3) is 2.88. The van der Waals surface area contributed by atoms with Gasteiger partial charge >= 0.3 is 0 Å². The number of aliphatic hydroxyl groups is 1. The lowest BCUT2D eigenvalue weighted by atomic mass is 9.95. The molecule has 1 heterocycles. The SMILES string of the molecule is CC1CCN(c2ccc(C(=O)N(C)C)cc2N)CC1O. The van der Waals surface area contributed by atoms with E-state index in [2.05, 4.69) is 11.8 Å². The van der Waals surface area contributed by atoms with Crippen LogP contribution in [0.1, 0.15) is 23.7 Å². The van der Waals surface area contributed by atoms with Gasteiger partial charge in [0.15, 0.2) is 0 Å². The average Bonchev–Trinajstić information content (AvgIpc) is 2.41. The summed E-state index contributed by atoms with van der Waals surface area (Å²) in [5.74, 6) is 0.262. The summed E-state index contributed by atoms with van der Waals surface area (Å²) in [5.41, 5.74) is 8.14. The van der Waals surface area contributed by atoms with E-state index in [1.807, 2.05) is 6.07 Å². The van der Waals surface area contributed by atoms with E-state index in [-0.39, 0.29) is 12.0 Å². The quantitative estimate of drug-likeness (QED) is 0.796. The van der Waals surface area contributed by atoms with Crippen LogP contribution in [-0.2, 0) is 0 Å². The van der Waals surface area contributed by atoms with Gasteiger partial charge in [-0.25, -0.2) is 0 Å². The summed E-state index contributed by atoms with van der Waals surface area (Å²) in [6.07, 6.45) is 0.616. The number of benzene rings is 1. The van der Waals surface area contributed by atoms with E-state index in [1.54, 1.807) is 26.2 Å². The molecule has 5 heteroatoms. The first kappa shape index (κ1) is 14.7. The largest absolute Gasteiger partial charge is 0.397 e. The molecule has 3 N–H and O–H groups in total. The number of nitrogens with two attached hydrogens (primary N) is 1. The normalized spacial score (nSPS) is 22.7. The molecule has 1 aromatic rings. The van der Waals surface area contributed by atoms with Crippen LogP contribution in [0.2, 0.25) is 0 Å². The van der Waals surface area contributed by atoms with Crippen LogP contribution in [-0.4, -0.2) is 49.2 Å². The fraction of sp³-hybridized carbons (Fsp3) is 0.533. The van der Waals surface area contributed by atoms with Gasteiger partial charge in [0.2, 0.25) is 0 Å². The van der Waals surface area contributed by atoms with Crippen LogP contribution in [0.4, 0.5) is 11.4 Å². The highest BCUT2D eigenvalue weighted by molar-refractivity contribution is 5.95. The molecule has 0 radical (unpaired) electrons. The molecule has 1 aliphatic heterocycles. The molecule has 5 nitrogen and oxygen atoms in total. The first-order chi connectivity index (χ1) is 9.40. The Labute approximate surface area is 120 Å². The van der Waals surface area contributed by atoms with E-state index >= 15 is 0 Å². The van der Waals surface area contributed by atoms with Gasteiger partial charge in [-0.3, -0.25) is 4.79 Å². The third-order valence-electron chi connectivity index (χ3n) is 3.94. The van der Waals surface area contributed by atoms with Crippen LogP contribution < -0.4 is 10.6 Å². The van der Waals surface area contributed by atoms with Crippen molar-refractivity contribution in [2.45, 2.75) is 19.4 Å². The molecule has 1 amide bonds. The number of rotatable bonds is 2. The molecule has 0 saturated carbocycles. The van der Waals surface area contributed by atoms with Gasteiger partial charge in [0.05, 0.1) is 17.5 Å². The Morgan fingerprint density at radius 2 is 2.15 bits per heavy atom. The maximum Gasteiger partial charge on any atom is 0.253 e. The molecule has 1 saturated heterocycles. The van der Waals surface area contributed by atoms with Crippen LogP contribution in [0.3, 0.4) is 0 Å². The summed E-state index contributed by atoms with van der Waals surface area (Å²) >= 11 is 0. The van der Waals surface area contributed by atoms with Gasteiger partial charge in [0.25, 0.3) is 5.91 Å². The maximum absolute atomic E-state index is 11.9. The minimum atomic E-state index is -0.328. The van der Waals surface area contributed by atoms with Crippen molar-refractivity contribution in [1.29, 1.82) is 0 Å². The topological polar surface area (TPSA) is 69.8 Å². The number of piperidine rings is 1. The van der Waals surface area contributed by atoms with Crippen molar-refractivity contribution in [2.75, 3.05) is 37.8 Å². The first-order valence-electron chi connectivity index (χ1n) is 6.94. The van der Waals surface area contributed by atoms with Crippen LogP contribution in [0, 0.1) is 5.92 Å². The molecule has 110 valence electrons. The van der Waals surface area contributed by atoms with E-state index in [0.717, 1.165) is 18.7 Å². The lowest BCUT2D eigenvalue weighted by Crippen LogP contribution is -2.43. The Morgan fingerprint density at radius 3 is 2.70 bits per heavy atom. The second-order valence-electron chi connectivity index (χ2n) is 5.75. The summed E-state index contributed by atoms with van der Waals surface area (Å²) in [6.45, 7) is 3.53. The van der Waals surface area contributed by atoms with Gasteiger partial charge in [0.1, 0.15) is 0 Å². The second-order valence-corrected chi connectivity index (χ2v) is 5.75. The third-order valence-corrected chi connectivity index (χ3v) is 3.94. The predicted molar refractivity (Wildman–Crippen MR) is 80.9 cm³/mol. The standard InChI is InChI=1S/C15H23N3O2/c1-10-6-7-18(9-14(10)19)13-5-4-11(8-12(13)16)15(20)17(2)3/h4-5,8,10,14,19H,6-7,9,16H2,1-3H3. The van der Waals surface area contributed by atoms with E-state index in [4.69, 9.17) is 5.73 Å². The number of hydrogen-bond acceptors (Lipinski definition) is 4. The van der Waals surface area contributed by atoms with Gasteiger partial charge in [-0.1, -0.05) is 6.92 Å². The minimum absolute atomic E-state index is 0.0597. The van der Waals surface area contributed by atoms with Gasteiger partial charge in [-0.05, 0) is 30.5 Å². The maximum atomic E-state index is 11.9. The van der Waals surface area contributed by atoms with Crippen LogP contribution >= 0.6 is 0 Å². The van der Waals surface area contributed by atoms with E-state index in [9.17, 15) is 9.90 Å². The Balaban J connectivity index is 2.20. The smallest absolute Gasteiger partial charge is 0.253 e. The Kier molecular flexibility index (Phi) is 4.18. The Morgan fingerprint density at radius 1 is 1.45 bits per heavy atom. The van der Waals surface area contributed by atoms with Crippen molar-refractivity contribution in [3.63, 3.8) is 0 Å². The molecule has 2 rings (SSSR count). The lowest BCUT2D eigenvalue weighted by molar-refractivity contribution is 0.0827. The highest BCUT2D eigenvalue weighted by atomic mass is 16.3. The lowest BCUT2D eigenvalue weighted by Gasteiger charge is -2.36. The van der Waals surface area contributed by atoms with Gasteiger partial charge in [-0.2, -0.15) is 0 Å². The second kappa shape index (κ2) is 5.71.